The highest BCUT2D eigenvalue weighted by atomic mass is 15.2. The molecular weight excluding hydrogens is 232 g/mol. The lowest BCUT2D eigenvalue weighted by Gasteiger charge is -2.50. The molecule has 0 saturated carbocycles. The Labute approximate surface area is 117 Å². The van der Waals surface area contributed by atoms with Gasteiger partial charge in [-0.1, -0.05) is 6.07 Å². The van der Waals surface area contributed by atoms with Crippen molar-refractivity contribution in [3.8, 4) is 0 Å². The number of hydrogen-bond donors (Lipinski definition) is 1. The first-order valence-electron chi connectivity index (χ1n) is 7.71. The van der Waals surface area contributed by atoms with E-state index >= 15 is 0 Å². The first kappa shape index (κ1) is 13.0. The second-order valence-corrected chi connectivity index (χ2v) is 6.45. The molecule has 2 bridgehead atoms. The Kier molecular flexibility index (Phi) is 3.53. The van der Waals surface area contributed by atoms with Crippen LogP contribution in [0.25, 0.3) is 0 Å². The smallest absolute Gasteiger partial charge is 0.0376 e. The quantitative estimate of drug-likeness (QED) is 0.874. The molecule has 3 rings (SSSR count). The van der Waals surface area contributed by atoms with Crippen LogP contribution in [0.5, 0.6) is 0 Å². The van der Waals surface area contributed by atoms with Gasteiger partial charge in [0.2, 0.25) is 0 Å². The average molecular weight is 258 g/mol. The van der Waals surface area contributed by atoms with Gasteiger partial charge in [0.05, 0.1) is 0 Å². The van der Waals surface area contributed by atoms with E-state index in [-0.39, 0.29) is 0 Å². The molecule has 2 unspecified atom stereocenters. The van der Waals surface area contributed by atoms with E-state index in [0.717, 1.165) is 18.1 Å². The zero-order valence-electron chi connectivity index (χ0n) is 12.4. The van der Waals surface area contributed by atoms with Crippen molar-refractivity contribution in [1.82, 2.24) is 5.32 Å². The van der Waals surface area contributed by atoms with Crippen LogP contribution in [0.1, 0.15) is 43.2 Å². The molecule has 2 saturated heterocycles. The standard InChI is InChI=1S/C17H26N2/c1-12-7-13(2)9-17(8-12)19-15-5-4-6-16(19)11-14(10-15)18-3/h7-9,14-16,18H,4-6,10-11H2,1-3H3. The summed E-state index contributed by atoms with van der Waals surface area (Å²) in [6.07, 6.45) is 6.75. The van der Waals surface area contributed by atoms with Crippen molar-refractivity contribution < 1.29 is 0 Å². The minimum atomic E-state index is 0.720. The van der Waals surface area contributed by atoms with Crippen LogP contribution in [0, 0.1) is 13.8 Å². The third-order valence-electron chi connectivity index (χ3n) is 4.89. The largest absolute Gasteiger partial charge is 0.365 e. The van der Waals surface area contributed by atoms with E-state index in [1.807, 2.05) is 0 Å². The zero-order valence-corrected chi connectivity index (χ0v) is 12.4. The highest BCUT2D eigenvalue weighted by molar-refractivity contribution is 5.53. The van der Waals surface area contributed by atoms with Crippen LogP contribution in [0.3, 0.4) is 0 Å². The fourth-order valence-corrected chi connectivity index (χ4v) is 4.14. The van der Waals surface area contributed by atoms with Crippen LogP contribution in [-0.4, -0.2) is 25.2 Å². The molecule has 0 radical (unpaired) electrons. The summed E-state index contributed by atoms with van der Waals surface area (Å²) in [5.41, 5.74) is 4.24. The Hall–Kier alpha value is -1.02. The molecule has 1 aromatic carbocycles. The number of aryl methyl sites for hydroxylation is 2. The number of nitrogens with zero attached hydrogens (tertiary/aromatic N) is 1. The molecule has 0 amide bonds. The van der Waals surface area contributed by atoms with Crippen molar-refractivity contribution in [2.24, 2.45) is 0 Å². The lowest BCUT2D eigenvalue weighted by Crippen LogP contribution is -2.56. The Morgan fingerprint density at radius 3 is 2.11 bits per heavy atom. The van der Waals surface area contributed by atoms with E-state index in [9.17, 15) is 0 Å². The molecule has 0 spiro atoms. The number of piperidine rings is 2. The molecule has 2 aliphatic rings. The van der Waals surface area contributed by atoms with Gasteiger partial charge >= 0.3 is 0 Å². The fraction of sp³-hybridized carbons (Fsp3) is 0.647. The number of benzene rings is 1. The maximum absolute atomic E-state index is 3.50. The number of nitrogens with one attached hydrogen (secondary N) is 1. The third kappa shape index (κ3) is 2.51. The van der Waals surface area contributed by atoms with E-state index in [1.165, 1.54) is 48.9 Å². The fourth-order valence-electron chi connectivity index (χ4n) is 4.14. The van der Waals surface area contributed by atoms with Gasteiger partial charge in [-0.15, -0.1) is 0 Å². The highest BCUT2D eigenvalue weighted by Crippen LogP contribution is 2.38. The van der Waals surface area contributed by atoms with E-state index < -0.39 is 0 Å². The van der Waals surface area contributed by atoms with Gasteiger partial charge in [0, 0.05) is 23.8 Å². The summed E-state index contributed by atoms with van der Waals surface area (Å²) in [6, 6.07) is 9.23. The van der Waals surface area contributed by atoms with Crippen molar-refractivity contribution in [2.75, 3.05) is 11.9 Å². The summed E-state index contributed by atoms with van der Waals surface area (Å²) >= 11 is 0. The van der Waals surface area contributed by atoms with Gasteiger partial charge in [0.25, 0.3) is 0 Å². The van der Waals surface area contributed by atoms with Crippen molar-refractivity contribution in [1.29, 1.82) is 0 Å². The third-order valence-corrected chi connectivity index (χ3v) is 4.89. The molecule has 19 heavy (non-hydrogen) atoms. The zero-order chi connectivity index (χ0) is 13.4. The molecule has 1 aromatic rings. The van der Waals surface area contributed by atoms with Crippen LogP contribution in [0.15, 0.2) is 18.2 Å². The van der Waals surface area contributed by atoms with Crippen LogP contribution in [-0.2, 0) is 0 Å². The van der Waals surface area contributed by atoms with Gasteiger partial charge in [0.1, 0.15) is 0 Å². The van der Waals surface area contributed by atoms with Gasteiger partial charge < -0.3 is 10.2 Å². The summed E-state index contributed by atoms with van der Waals surface area (Å²) in [6.45, 7) is 4.43. The first-order chi connectivity index (χ1) is 9.17. The summed E-state index contributed by atoms with van der Waals surface area (Å²) in [4.78, 5) is 2.73. The van der Waals surface area contributed by atoms with E-state index in [0.29, 0.717) is 0 Å². The van der Waals surface area contributed by atoms with Crippen LogP contribution < -0.4 is 10.2 Å². The predicted octanol–water partition coefficient (Wildman–Crippen LogP) is 3.41. The van der Waals surface area contributed by atoms with Gasteiger partial charge in [0.15, 0.2) is 0 Å². The second kappa shape index (κ2) is 5.16. The van der Waals surface area contributed by atoms with Gasteiger partial charge in [-0.3, -0.25) is 0 Å². The topological polar surface area (TPSA) is 15.3 Å². The molecule has 2 aliphatic heterocycles. The molecule has 2 nitrogen and oxygen atoms in total. The molecule has 2 heteroatoms. The molecule has 2 heterocycles. The normalized spacial score (nSPS) is 30.5. The molecule has 2 atom stereocenters. The second-order valence-electron chi connectivity index (χ2n) is 6.45. The lowest BCUT2D eigenvalue weighted by molar-refractivity contribution is 0.252. The Morgan fingerprint density at radius 1 is 1.00 bits per heavy atom. The summed E-state index contributed by atoms with van der Waals surface area (Å²) < 4.78 is 0. The monoisotopic (exact) mass is 258 g/mol. The van der Waals surface area contributed by atoms with E-state index in [2.05, 4.69) is 49.3 Å². The maximum Gasteiger partial charge on any atom is 0.0376 e. The molecule has 0 aliphatic carbocycles. The van der Waals surface area contributed by atoms with Crippen molar-refractivity contribution >= 4 is 5.69 Å². The number of anilines is 1. The average Bonchev–Trinajstić information content (AvgIpc) is 2.35. The summed E-state index contributed by atoms with van der Waals surface area (Å²) in [7, 11) is 2.12. The van der Waals surface area contributed by atoms with Crippen LogP contribution in [0.2, 0.25) is 0 Å². The summed E-state index contributed by atoms with van der Waals surface area (Å²) in [5.74, 6) is 0. The molecule has 0 aromatic heterocycles. The SMILES string of the molecule is CNC1CC2CCCC(C1)N2c1cc(C)cc(C)c1. The van der Waals surface area contributed by atoms with Crippen LogP contribution in [0.4, 0.5) is 5.69 Å². The van der Waals surface area contributed by atoms with E-state index in [4.69, 9.17) is 0 Å². The van der Waals surface area contributed by atoms with E-state index in [1.54, 1.807) is 0 Å². The van der Waals surface area contributed by atoms with Crippen LogP contribution >= 0.6 is 0 Å². The number of hydrogen-bond acceptors (Lipinski definition) is 2. The number of rotatable bonds is 2. The maximum atomic E-state index is 3.50. The minimum absolute atomic E-state index is 0.720. The summed E-state index contributed by atoms with van der Waals surface area (Å²) in [5, 5.41) is 3.50. The highest BCUT2D eigenvalue weighted by Gasteiger charge is 2.37. The first-order valence-corrected chi connectivity index (χ1v) is 7.71. The Bertz CT molecular complexity index is 420. The lowest BCUT2D eigenvalue weighted by atomic mass is 9.81. The van der Waals surface area contributed by atoms with Gasteiger partial charge in [-0.25, -0.2) is 0 Å². The van der Waals surface area contributed by atoms with Crippen molar-refractivity contribution in [2.45, 2.75) is 64.1 Å². The predicted molar refractivity (Wildman–Crippen MR) is 81.9 cm³/mol. The molecule has 2 fully saturated rings. The van der Waals surface area contributed by atoms with Gasteiger partial charge in [-0.2, -0.15) is 0 Å². The minimum Gasteiger partial charge on any atom is -0.365 e. The van der Waals surface area contributed by atoms with Gasteiger partial charge in [-0.05, 0) is 76.3 Å². The molecular formula is C17H26N2. The Morgan fingerprint density at radius 2 is 1.58 bits per heavy atom. The van der Waals surface area contributed by atoms with Crippen molar-refractivity contribution in [3.05, 3.63) is 29.3 Å². The molecule has 1 N–H and O–H groups in total. The van der Waals surface area contributed by atoms with Crippen molar-refractivity contribution in [3.63, 3.8) is 0 Å². The number of fused-ring (bicyclic) bond motifs is 2. The molecule has 104 valence electrons. The Balaban J connectivity index is 1.91.